The summed E-state index contributed by atoms with van der Waals surface area (Å²) in [6, 6.07) is 4.15. The van der Waals surface area contributed by atoms with Gasteiger partial charge in [0.15, 0.2) is 0 Å². The summed E-state index contributed by atoms with van der Waals surface area (Å²) < 4.78 is 0.905. The van der Waals surface area contributed by atoms with Crippen LogP contribution in [0.1, 0.15) is 44.9 Å². The lowest BCUT2D eigenvalue weighted by molar-refractivity contribution is 0.303. The van der Waals surface area contributed by atoms with Gasteiger partial charge in [0.2, 0.25) is 0 Å². The molecule has 98 valence electrons. The third-order valence-corrected chi connectivity index (χ3v) is 4.37. The van der Waals surface area contributed by atoms with Crippen LogP contribution >= 0.6 is 22.9 Å². The molecule has 0 saturated heterocycles. The molecule has 0 aliphatic carbocycles. The number of nitrogens with one attached hydrogen (secondary N) is 1. The van der Waals surface area contributed by atoms with Crippen molar-refractivity contribution in [2.75, 3.05) is 13.1 Å². The minimum atomic E-state index is 0.414. The third kappa shape index (κ3) is 6.44. The number of hydrogen-bond donors (Lipinski definition) is 1. The third-order valence-electron chi connectivity index (χ3n) is 3.08. The number of halogens is 1. The maximum absolute atomic E-state index is 5.94. The fourth-order valence-electron chi connectivity index (χ4n) is 1.80. The molecule has 0 radical (unpaired) electrons. The van der Waals surface area contributed by atoms with Crippen molar-refractivity contribution in [3.8, 4) is 0 Å². The van der Waals surface area contributed by atoms with Gasteiger partial charge in [0, 0.05) is 4.88 Å². The molecule has 0 aliphatic heterocycles. The van der Waals surface area contributed by atoms with Crippen molar-refractivity contribution in [1.29, 1.82) is 0 Å². The Bertz CT molecular complexity index is 320. The van der Waals surface area contributed by atoms with Crippen LogP contribution in [0.2, 0.25) is 4.34 Å². The molecule has 1 heterocycles. The highest BCUT2D eigenvalue weighted by Gasteiger charge is 2.17. The first-order valence-electron chi connectivity index (χ1n) is 6.48. The van der Waals surface area contributed by atoms with Crippen LogP contribution in [-0.2, 0) is 6.42 Å². The first-order valence-corrected chi connectivity index (χ1v) is 7.68. The standard InChI is InChI=1S/C14H24ClNS/c1-4-10-16-11-9-14(2,3)8-7-12-5-6-13(15)17-12/h5-6,16H,4,7-11H2,1-3H3. The molecule has 0 bridgehead atoms. The van der Waals surface area contributed by atoms with E-state index in [1.54, 1.807) is 11.3 Å². The minimum absolute atomic E-state index is 0.414. The van der Waals surface area contributed by atoms with Crippen LogP contribution in [0.15, 0.2) is 12.1 Å². The van der Waals surface area contributed by atoms with E-state index in [0.717, 1.165) is 23.8 Å². The fourth-order valence-corrected chi connectivity index (χ4v) is 2.89. The van der Waals surface area contributed by atoms with Crippen LogP contribution in [0.3, 0.4) is 0 Å². The Morgan fingerprint density at radius 3 is 2.59 bits per heavy atom. The van der Waals surface area contributed by atoms with E-state index in [1.807, 2.05) is 6.07 Å². The monoisotopic (exact) mass is 273 g/mol. The first kappa shape index (κ1) is 15.0. The lowest BCUT2D eigenvalue weighted by Gasteiger charge is -2.24. The summed E-state index contributed by atoms with van der Waals surface area (Å²) in [6.07, 6.45) is 4.84. The zero-order valence-electron chi connectivity index (χ0n) is 11.2. The van der Waals surface area contributed by atoms with Gasteiger partial charge >= 0.3 is 0 Å². The van der Waals surface area contributed by atoms with Gasteiger partial charge in [-0.1, -0.05) is 32.4 Å². The Balaban J connectivity index is 2.24. The maximum Gasteiger partial charge on any atom is 0.0931 e. The van der Waals surface area contributed by atoms with Gasteiger partial charge in [-0.3, -0.25) is 0 Å². The van der Waals surface area contributed by atoms with Gasteiger partial charge in [-0.25, -0.2) is 0 Å². The van der Waals surface area contributed by atoms with Crippen LogP contribution in [0.5, 0.6) is 0 Å². The first-order chi connectivity index (χ1) is 8.03. The molecular weight excluding hydrogens is 250 g/mol. The number of rotatable bonds is 8. The highest BCUT2D eigenvalue weighted by atomic mass is 35.5. The highest BCUT2D eigenvalue weighted by Crippen LogP contribution is 2.29. The maximum atomic E-state index is 5.94. The lowest BCUT2D eigenvalue weighted by atomic mass is 9.84. The molecule has 1 aromatic rings. The normalized spacial score (nSPS) is 12.0. The molecule has 1 nitrogen and oxygen atoms in total. The van der Waals surface area contributed by atoms with Crippen LogP contribution in [0.4, 0.5) is 0 Å². The molecule has 0 unspecified atom stereocenters. The number of hydrogen-bond acceptors (Lipinski definition) is 2. The zero-order valence-corrected chi connectivity index (χ0v) is 12.8. The topological polar surface area (TPSA) is 12.0 Å². The van der Waals surface area contributed by atoms with E-state index < -0.39 is 0 Å². The Morgan fingerprint density at radius 2 is 2.00 bits per heavy atom. The molecule has 1 N–H and O–H groups in total. The molecule has 0 atom stereocenters. The van der Waals surface area contributed by atoms with Gasteiger partial charge in [0.05, 0.1) is 4.34 Å². The summed E-state index contributed by atoms with van der Waals surface area (Å²) in [7, 11) is 0. The molecule has 0 aromatic carbocycles. The van der Waals surface area contributed by atoms with E-state index in [0.29, 0.717) is 5.41 Å². The molecule has 0 fully saturated rings. The second-order valence-corrected chi connectivity index (χ2v) is 7.17. The van der Waals surface area contributed by atoms with Gasteiger partial charge in [0.25, 0.3) is 0 Å². The van der Waals surface area contributed by atoms with Gasteiger partial charge in [-0.05, 0) is 56.3 Å². The molecule has 0 spiro atoms. The molecule has 1 aromatic heterocycles. The molecular formula is C14H24ClNS. The summed E-state index contributed by atoms with van der Waals surface area (Å²) in [5.41, 5.74) is 0.414. The quantitative estimate of drug-likeness (QED) is 0.674. The van der Waals surface area contributed by atoms with E-state index in [2.05, 4.69) is 32.2 Å². The predicted octanol–water partition coefficient (Wildman–Crippen LogP) is 4.75. The van der Waals surface area contributed by atoms with Crippen molar-refractivity contribution >= 4 is 22.9 Å². The largest absolute Gasteiger partial charge is 0.317 e. The Kier molecular flexibility index (Phi) is 6.53. The van der Waals surface area contributed by atoms with Crippen LogP contribution in [0, 0.1) is 5.41 Å². The van der Waals surface area contributed by atoms with Gasteiger partial charge in [0.1, 0.15) is 0 Å². The van der Waals surface area contributed by atoms with Gasteiger partial charge in [-0.15, -0.1) is 11.3 Å². The zero-order chi connectivity index (χ0) is 12.7. The van der Waals surface area contributed by atoms with E-state index in [9.17, 15) is 0 Å². The summed E-state index contributed by atoms with van der Waals surface area (Å²) in [4.78, 5) is 1.41. The molecule has 1 rings (SSSR count). The fraction of sp³-hybridized carbons (Fsp3) is 0.714. The molecule has 0 aliphatic rings. The Morgan fingerprint density at radius 1 is 1.24 bits per heavy atom. The molecule has 0 amide bonds. The van der Waals surface area contributed by atoms with Crippen molar-refractivity contribution in [2.24, 2.45) is 5.41 Å². The molecule has 0 saturated carbocycles. The van der Waals surface area contributed by atoms with E-state index >= 15 is 0 Å². The van der Waals surface area contributed by atoms with Crippen LogP contribution in [-0.4, -0.2) is 13.1 Å². The second-order valence-electron chi connectivity index (χ2n) is 5.37. The van der Waals surface area contributed by atoms with Crippen LogP contribution in [0.25, 0.3) is 0 Å². The predicted molar refractivity (Wildman–Crippen MR) is 79.2 cm³/mol. The summed E-state index contributed by atoms with van der Waals surface area (Å²) >= 11 is 7.65. The summed E-state index contributed by atoms with van der Waals surface area (Å²) in [5.74, 6) is 0. The van der Waals surface area contributed by atoms with E-state index in [4.69, 9.17) is 11.6 Å². The summed E-state index contributed by atoms with van der Waals surface area (Å²) in [5, 5.41) is 3.47. The van der Waals surface area contributed by atoms with Gasteiger partial charge in [-0.2, -0.15) is 0 Å². The minimum Gasteiger partial charge on any atom is -0.317 e. The lowest BCUT2D eigenvalue weighted by Crippen LogP contribution is -2.23. The number of aryl methyl sites for hydroxylation is 1. The summed E-state index contributed by atoms with van der Waals surface area (Å²) in [6.45, 7) is 9.19. The van der Waals surface area contributed by atoms with Crippen molar-refractivity contribution in [2.45, 2.75) is 46.5 Å². The van der Waals surface area contributed by atoms with Crippen molar-refractivity contribution in [3.63, 3.8) is 0 Å². The van der Waals surface area contributed by atoms with Crippen molar-refractivity contribution in [3.05, 3.63) is 21.3 Å². The Hall–Kier alpha value is -0.0500. The van der Waals surface area contributed by atoms with E-state index in [-0.39, 0.29) is 0 Å². The molecule has 3 heteroatoms. The van der Waals surface area contributed by atoms with Crippen LogP contribution < -0.4 is 5.32 Å². The van der Waals surface area contributed by atoms with Crippen molar-refractivity contribution < 1.29 is 0 Å². The second kappa shape index (κ2) is 7.40. The van der Waals surface area contributed by atoms with E-state index in [1.165, 1.54) is 24.1 Å². The van der Waals surface area contributed by atoms with Crippen molar-refractivity contribution in [1.82, 2.24) is 5.32 Å². The SMILES string of the molecule is CCCNCCC(C)(C)CCc1ccc(Cl)s1. The average molecular weight is 274 g/mol. The average Bonchev–Trinajstić information content (AvgIpc) is 2.68. The number of thiophene rings is 1. The highest BCUT2D eigenvalue weighted by molar-refractivity contribution is 7.16. The van der Waals surface area contributed by atoms with Gasteiger partial charge < -0.3 is 5.32 Å². The Labute approximate surface area is 115 Å². The molecule has 17 heavy (non-hydrogen) atoms. The smallest absolute Gasteiger partial charge is 0.0931 e.